The zero-order valence-electron chi connectivity index (χ0n) is 9.77. The highest BCUT2D eigenvalue weighted by molar-refractivity contribution is 5.90. The van der Waals surface area contributed by atoms with Gasteiger partial charge in [-0.15, -0.1) is 15.0 Å². The highest BCUT2D eigenvalue weighted by atomic mass is 16.6. The van der Waals surface area contributed by atoms with E-state index in [0.717, 1.165) is 4.80 Å². The molecule has 2 aromatic rings. The molecule has 1 heterocycles. The molecule has 9 nitrogen and oxygen atoms in total. The molecule has 0 fully saturated rings. The van der Waals surface area contributed by atoms with E-state index in [2.05, 4.69) is 15.5 Å². The van der Waals surface area contributed by atoms with Crippen LogP contribution in [0.15, 0.2) is 24.3 Å². The molecular weight excluding hydrogens is 254 g/mol. The molecule has 0 atom stereocenters. The molecule has 0 bridgehead atoms. The summed E-state index contributed by atoms with van der Waals surface area (Å²) in [6.45, 7) is 0. The number of nitrogens with one attached hydrogen (secondary N) is 1. The number of anilines is 1. The molecular formula is C10H9N5O4. The Morgan fingerprint density at radius 3 is 2.63 bits per heavy atom. The standard InChI is InChI=1S/C10H9N5O4/c1-11-9-8(10(16)17)12-14(13-9)6-4-2-3-5-7(6)15(18)19/h2-5H,1H3,(H,11,13)(H,16,17). The third kappa shape index (κ3) is 2.20. The second kappa shape index (κ2) is 4.72. The molecule has 0 unspecified atom stereocenters. The van der Waals surface area contributed by atoms with Crippen molar-refractivity contribution in [2.75, 3.05) is 12.4 Å². The number of rotatable bonds is 4. The first-order valence-electron chi connectivity index (χ1n) is 5.16. The van der Waals surface area contributed by atoms with Crippen LogP contribution in [0.1, 0.15) is 10.5 Å². The van der Waals surface area contributed by atoms with Gasteiger partial charge in [0.15, 0.2) is 11.5 Å². The van der Waals surface area contributed by atoms with E-state index in [4.69, 9.17) is 5.11 Å². The van der Waals surface area contributed by atoms with Gasteiger partial charge >= 0.3 is 5.97 Å². The van der Waals surface area contributed by atoms with Gasteiger partial charge in [-0.05, 0) is 6.07 Å². The largest absolute Gasteiger partial charge is 0.476 e. The van der Waals surface area contributed by atoms with Crippen LogP contribution in [0, 0.1) is 10.1 Å². The highest BCUT2D eigenvalue weighted by Gasteiger charge is 2.21. The molecule has 1 aromatic carbocycles. The molecule has 98 valence electrons. The average molecular weight is 263 g/mol. The quantitative estimate of drug-likeness (QED) is 0.620. The molecule has 2 N–H and O–H groups in total. The zero-order chi connectivity index (χ0) is 14.0. The summed E-state index contributed by atoms with van der Waals surface area (Å²) in [6, 6.07) is 5.80. The molecule has 0 saturated carbocycles. The Balaban J connectivity index is 2.60. The maximum atomic E-state index is 11.0. The Hall–Kier alpha value is -2.97. The molecule has 0 aliphatic rings. The van der Waals surface area contributed by atoms with E-state index in [1.165, 1.54) is 25.2 Å². The van der Waals surface area contributed by atoms with E-state index in [1.54, 1.807) is 6.07 Å². The number of carboxylic acid groups (broad SMARTS) is 1. The molecule has 0 amide bonds. The van der Waals surface area contributed by atoms with E-state index in [0.29, 0.717) is 0 Å². The van der Waals surface area contributed by atoms with E-state index < -0.39 is 10.9 Å². The van der Waals surface area contributed by atoms with E-state index in [1.807, 2.05) is 0 Å². The van der Waals surface area contributed by atoms with Crippen molar-refractivity contribution in [1.82, 2.24) is 15.0 Å². The van der Waals surface area contributed by atoms with Crippen molar-refractivity contribution in [3.05, 3.63) is 40.1 Å². The smallest absolute Gasteiger partial charge is 0.360 e. The summed E-state index contributed by atoms with van der Waals surface area (Å²) in [5.41, 5.74) is -0.422. The highest BCUT2D eigenvalue weighted by Crippen LogP contribution is 2.22. The summed E-state index contributed by atoms with van der Waals surface area (Å²) in [5.74, 6) is -1.24. The number of nitro groups is 1. The topological polar surface area (TPSA) is 123 Å². The van der Waals surface area contributed by atoms with E-state index >= 15 is 0 Å². The fourth-order valence-electron chi connectivity index (χ4n) is 1.51. The van der Waals surface area contributed by atoms with Gasteiger partial charge in [0.25, 0.3) is 5.69 Å². The lowest BCUT2D eigenvalue weighted by molar-refractivity contribution is -0.384. The van der Waals surface area contributed by atoms with Gasteiger partial charge in [-0.25, -0.2) is 4.79 Å². The molecule has 1 aromatic heterocycles. The van der Waals surface area contributed by atoms with Crippen LogP contribution in [0.25, 0.3) is 5.69 Å². The van der Waals surface area contributed by atoms with E-state index in [-0.39, 0.29) is 22.9 Å². The first-order valence-corrected chi connectivity index (χ1v) is 5.16. The number of aromatic carboxylic acids is 1. The molecule has 9 heteroatoms. The van der Waals surface area contributed by atoms with Crippen molar-refractivity contribution in [2.45, 2.75) is 0 Å². The van der Waals surface area contributed by atoms with Crippen molar-refractivity contribution in [1.29, 1.82) is 0 Å². The molecule has 19 heavy (non-hydrogen) atoms. The number of para-hydroxylation sites is 2. The summed E-state index contributed by atoms with van der Waals surface area (Å²) in [5, 5.41) is 30.0. The van der Waals surface area contributed by atoms with Crippen molar-refractivity contribution >= 4 is 17.5 Å². The maximum absolute atomic E-state index is 11.0. The van der Waals surface area contributed by atoms with Gasteiger partial charge in [0.05, 0.1) is 4.92 Å². The van der Waals surface area contributed by atoms with Crippen LogP contribution in [-0.4, -0.2) is 38.0 Å². The Kier molecular flexibility index (Phi) is 3.10. The minimum atomic E-state index is -1.27. The van der Waals surface area contributed by atoms with Crippen molar-refractivity contribution < 1.29 is 14.8 Å². The number of carbonyl (C=O) groups is 1. The lowest BCUT2D eigenvalue weighted by atomic mass is 10.3. The van der Waals surface area contributed by atoms with Crippen LogP contribution in [0.3, 0.4) is 0 Å². The average Bonchev–Trinajstić information content (AvgIpc) is 2.82. The number of hydrogen-bond donors (Lipinski definition) is 2. The number of nitrogens with zero attached hydrogens (tertiary/aromatic N) is 4. The Bertz CT molecular complexity index is 651. The lowest BCUT2D eigenvalue weighted by Crippen LogP contribution is -2.05. The number of benzene rings is 1. The fourth-order valence-corrected chi connectivity index (χ4v) is 1.51. The van der Waals surface area contributed by atoms with Gasteiger partial charge in [0.1, 0.15) is 0 Å². The van der Waals surface area contributed by atoms with Gasteiger partial charge in [-0.1, -0.05) is 12.1 Å². The number of nitro benzene ring substituents is 1. The number of aromatic nitrogens is 3. The second-order valence-electron chi connectivity index (χ2n) is 3.49. The maximum Gasteiger partial charge on any atom is 0.360 e. The minimum Gasteiger partial charge on any atom is -0.476 e. The summed E-state index contributed by atoms with van der Waals surface area (Å²) in [6.07, 6.45) is 0. The summed E-state index contributed by atoms with van der Waals surface area (Å²) < 4.78 is 0. The Morgan fingerprint density at radius 1 is 1.42 bits per heavy atom. The SMILES string of the molecule is CNc1nn(-c2ccccc2[N+](=O)[O-])nc1C(=O)O. The van der Waals surface area contributed by atoms with Crippen molar-refractivity contribution in [3.8, 4) is 5.69 Å². The van der Waals surface area contributed by atoms with Crippen LogP contribution in [-0.2, 0) is 0 Å². The third-order valence-corrected chi connectivity index (χ3v) is 2.35. The van der Waals surface area contributed by atoms with Crippen LogP contribution in [0.5, 0.6) is 0 Å². The van der Waals surface area contributed by atoms with E-state index in [9.17, 15) is 14.9 Å². The Labute approximate surface area is 106 Å². The summed E-state index contributed by atoms with van der Waals surface area (Å²) in [7, 11) is 1.49. The molecule has 0 aliphatic carbocycles. The molecule has 0 saturated heterocycles. The predicted octanol–water partition coefficient (Wildman–Crippen LogP) is 0.915. The normalized spacial score (nSPS) is 10.2. The van der Waals surface area contributed by atoms with Crippen molar-refractivity contribution in [3.63, 3.8) is 0 Å². The van der Waals surface area contributed by atoms with Crippen LogP contribution in [0.2, 0.25) is 0 Å². The van der Waals surface area contributed by atoms with Gasteiger partial charge in [0.2, 0.25) is 5.69 Å². The number of carboxylic acids is 1. The first kappa shape index (κ1) is 12.5. The van der Waals surface area contributed by atoms with Gasteiger partial charge in [-0.3, -0.25) is 10.1 Å². The molecule has 0 spiro atoms. The molecule has 0 aliphatic heterocycles. The third-order valence-electron chi connectivity index (χ3n) is 2.35. The molecule has 0 radical (unpaired) electrons. The van der Waals surface area contributed by atoms with Crippen LogP contribution in [0.4, 0.5) is 11.5 Å². The van der Waals surface area contributed by atoms with Gasteiger partial charge in [0, 0.05) is 13.1 Å². The first-order chi connectivity index (χ1) is 9.04. The van der Waals surface area contributed by atoms with Gasteiger partial charge in [-0.2, -0.15) is 0 Å². The fraction of sp³-hybridized carbons (Fsp3) is 0.100. The van der Waals surface area contributed by atoms with Crippen molar-refractivity contribution in [2.24, 2.45) is 0 Å². The zero-order valence-corrected chi connectivity index (χ0v) is 9.77. The lowest BCUT2D eigenvalue weighted by Gasteiger charge is -2.00. The number of hydrogen-bond acceptors (Lipinski definition) is 6. The summed E-state index contributed by atoms with van der Waals surface area (Å²) in [4.78, 5) is 22.2. The van der Waals surface area contributed by atoms with Crippen LogP contribution >= 0.6 is 0 Å². The Morgan fingerprint density at radius 2 is 2.11 bits per heavy atom. The summed E-state index contributed by atoms with van der Waals surface area (Å²) >= 11 is 0. The molecule has 2 rings (SSSR count). The minimum absolute atomic E-state index is 0.0330. The second-order valence-corrected chi connectivity index (χ2v) is 3.49. The van der Waals surface area contributed by atoms with Crippen LogP contribution < -0.4 is 5.32 Å². The van der Waals surface area contributed by atoms with Gasteiger partial charge < -0.3 is 10.4 Å². The monoisotopic (exact) mass is 263 g/mol. The predicted molar refractivity (Wildman–Crippen MR) is 64.5 cm³/mol.